The Labute approximate surface area is 206 Å². The lowest BCUT2D eigenvalue weighted by Gasteiger charge is -2.43. The number of nitrogens with zero attached hydrogens (tertiary/aromatic N) is 5. The summed E-state index contributed by atoms with van der Waals surface area (Å²) in [5, 5.41) is 1.12. The Kier molecular flexibility index (Phi) is 5.45. The average Bonchev–Trinajstić information content (AvgIpc) is 3.38. The maximum Gasteiger partial charge on any atom is 0.281 e. The van der Waals surface area contributed by atoms with Gasteiger partial charge in [-0.3, -0.25) is 14.2 Å². The molecule has 1 fully saturated rings. The Hall–Kier alpha value is -3.56. The summed E-state index contributed by atoms with van der Waals surface area (Å²) in [6.45, 7) is 2.27. The smallest absolute Gasteiger partial charge is 0.281 e. The van der Waals surface area contributed by atoms with Crippen LogP contribution in [-0.4, -0.2) is 36.2 Å². The quantitative estimate of drug-likeness (QED) is 0.378. The fourth-order valence-electron chi connectivity index (χ4n) is 4.63. The Balaban J connectivity index is 0.00000241. The molecule has 1 saturated heterocycles. The number of hydrogen-bond acceptors (Lipinski definition) is 5. The van der Waals surface area contributed by atoms with Crippen molar-refractivity contribution in [2.24, 2.45) is 0 Å². The van der Waals surface area contributed by atoms with Crippen LogP contribution in [0, 0.1) is 0 Å². The minimum atomic E-state index is -0.181. The maximum absolute atomic E-state index is 13.6. The number of hydrogen-bond donors (Lipinski definition) is 1. The minimum absolute atomic E-state index is 0. The first-order valence-electron chi connectivity index (χ1n) is 10.6. The number of halogens is 1. The first-order valence-corrected chi connectivity index (χ1v) is 11.0. The second-order valence-corrected chi connectivity index (χ2v) is 8.53. The normalized spacial score (nSPS) is 15.4. The summed E-state index contributed by atoms with van der Waals surface area (Å²) in [4.78, 5) is 39.8. The number of carbonyl (C=O) groups is 1. The largest absolute Gasteiger partial charge is 0.347 e. The second kappa shape index (κ2) is 8.34. The van der Waals surface area contributed by atoms with Crippen LogP contribution in [0.5, 0.6) is 0 Å². The third kappa shape index (κ3) is 3.23. The average molecular weight is 493 g/mol. The molecule has 1 atom stereocenters. The Bertz CT molecular complexity index is 1610. The van der Waals surface area contributed by atoms with Gasteiger partial charge < -0.3 is 14.3 Å². The van der Waals surface area contributed by atoms with E-state index in [1.54, 1.807) is 27.4 Å². The van der Waals surface area contributed by atoms with Crippen molar-refractivity contribution in [2.45, 2.75) is 19.4 Å². The van der Waals surface area contributed by atoms with Crippen LogP contribution in [0.25, 0.3) is 22.2 Å². The van der Waals surface area contributed by atoms with Crippen LogP contribution < -0.4 is 10.5 Å². The van der Waals surface area contributed by atoms with Gasteiger partial charge in [-0.25, -0.2) is 9.97 Å². The molecule has 1 aromatic carbocycles. The number of aromatic nitrogens is 5. The summed E-state index contributed by atoms with van der Waals surface area (Å²) >= 11 is 6.34. The van der Waals surface area contributed by atoms with Gasteiger partial charge in [0.25, 0.3) is 5.56 Å². The number of aromatic amines is 1. The molecule has 0 radical (unpaired) electrons. The van der Waals surface area contributed by atoms with E-state index >= 15 is 0 Å². The molecule has 1 N–H and O–H groups in total. The molecule has 0 unspecified atom stereocenters. The first kappa shape index (κ1) is 22.2. The second-order valence-electron chi connectivity index (χ2n) is 8.13. The molecule has 4 aromatic heterocycles. The van der Waals surface area contributed by atoms with E-state index < -0.39 is 0 Å². The maximum atomic E-state index is 13.6. The standard InChI is InChI=1S/C24H19ClN6O2.H2S/c1-14(32)16-11-26-22-20(16)23(28-13-27-22)30-10-8-18(30)19-12-29-9-7-17(25)21(29)24(33)31(19)15-5-3-2-4-6-15;/h2-7,9,11-13,18H,8,10H2,1H3,(H,26,27,28);1H2/t18-;/m0./s1. The monoisotopic (exact) mass is 492 g/mol. The van der Waals surface area contributed by atoms with E-state index in [4.69, 9.17) is 11.6 Å². The van der Waals surface area contributed by atoms with Crippen molar-refractivity contribution in [1.82, 2.24) is 23.9 Å². The number of Topliss-reactive ketones (excluding diaryl/α,β-unsaturated/α-hetero) is 1. The molecule has 10 heteroatoms. The highest BCUT2D eigenvalue weighted by molar-refractivity contribution is 7.59. The molecule has 5 aromatic rings. The molecule has 1 aliphatic rings. The molecule has 0 spiro atoms. The van der Waals surface area contributed by atoms with Crippen molar-refractivity contribution < 1.29 is 4.79 Å². The topological polar surface area (TPSA) is 88.3 Å². The molecular formula is C24H21ClN6O2S. The van der Waals surface area contributed by atoms with E-state index in [0.29, 0.717) is 33.0 Å². The highest BCUT2D eigenvalue weighted by atomic mass is 35.5. The van der Waals surface area contributed by atoms with E-state index in [-0.39, 0.29) is 30.9 Å². The number of benzene rings is 1. The third-order valence-electron chi connectivity index (χ3n) is 6.28. The summed E-state index contributed by atoms with van der Waals surface area (Å²) in [6.07, 6.45) is 7.75. The molecule has 8 nitrogen and oxygen atoms in total. The number of para-hydroxylation sites is 1. The highest BCUT2D eigenvalue weighted by Crippen LogP contribution is 2.40. The van der Waals surface area contributed by atoms with E-state index in [1.165, 1.54) is 13.3 Å². The van der Waals surface area contributed by atoms with Gasteiger partial charge in [-0.15, -0.1) is 0 Å². The van der Waals surface area contributed by atoms with Crippen LogP contribution in [0.2, 0.25) is 5.02 Å². The summed E-state index contributed by atoms with van der Waals surface area (Å²) in [7, 11) is 0. The van der Waals surface area contributed by atoms with Crippen LogP contribution >= 0.6 is 25.1 Å². The molecule has 0 amide bonds. The van der Waals surface area contributed by atoms with Gasteiger partial charge in [-0.2, -0.15) is 13.5 Å². The molecular weight excluding hydrogens is 472 g/mol. The molecule has 6 rings (SSSR count). The van der Waals surface area contributed by atoms with Gasteiger partial charge in [0, 0.05) is 36.4 Å². The molecule has 0 bridgehead atoms. The van der Waals surface area contributed by atoms with Gasteiger partial charge in [-0.05, 0) is 31.5 Å². The molecule has 0 aliphatic carbocycles. The lowest BCUT2D eigenvalue weighted by Crippen LogP contribution is -2.44. The van der Waals surface area contributed by atoms with Crippen LogP contribution in [0.4, 0.5) is 5.82 Å². The van der Waals surface area contributed by atoms with Crippen molar-refractivity contribution in [3.05, 3.63) is 87.9 Å². The first-order chi connectivity index (χ1) is 16.0. The van der Waals surface area contributed by atoms with E-state index in [1.807, 2.05) is 36.5 Å². The van der Waals surface area contributed by atoms with Gasteiger partial charge >= 0.3 is 0 Å². The van der Waals surface area contributed by atoms with Gasteiger partial charge in [0.2, 0.25) is 0 Å². The number of fused-ring (bicyclic) bond motifs is 2. The molecule has 34 heavy (non-hydrogen) atoms. The molecule has 5 heterocycles. The van der Waals surface area contributed by atoms with Crippen LogP contribution in [0.3, 0.4) is 0 Å². The molecule has 0 saturated carbocycles. The number of anilines is 1. The number of rotatable bonds is 4. The minimum Gasteiger partial charge on any atom is -0.347 e. The van der Waals surface area contributed by atoms with Gasteiger partial charge in [0.15, 0.2) is 5.78 Å². The van der Waals surface area contributed by atoms with Gasteiger partial charge in [0.05, 0.1) is 22.1 Å². The lowest BCUT2D eigenvalue weighted by molar-refractivity contribution is 0.101. The number of nitrogens with one attached hydrogen (secondary N) is 1. The van der Waals surface area contributed by atoms with Crippen molar-refractivity contribution >= 4 is 53.2 Å². The predicted molar refractivity (Wildman–Crippen MR) is 137 cm³/mol. The zero-order chi connectivity index (χ0) is 22.7. The van der Waals surface area contributed by atoms with E-state index in [0.717, 1.165) is 24.3 Å². The Morgan fingerprint density at radius 1 is 1.18 bits per heavy atom. The number of carbonyl (C=O) groups excluding carboxylic acids is 1. The summed E-state index contributed by atoms with van der Waals surface area (Å²) < 4.78 is 3.50. The molecule has 172 valence electrons. The summed E-state index contributed by atoms with van der Waals surface area (Å²) in [5.74, 6) is 0.624. The fraction of sp³-hybridized carbons (Fsp3) is 0.167. The Morgan fingerprint density at radius 3 is 2.68 bits per heavy atom. The van der Waals surface area contributed by atoms with Crippen molar-refractivity contribution in [1.29, 1.82) is 0 Å². The third-order valence-corrected chi connectivity index (χ3v) is 6.58. The summed E-state index contributed by atoms with van der Waals surface area (Å²) in [5.41, 5.74) is 3.01. The predicted octanol–water partition coefficient (Wildman–Crippen LogP) is 4.28. The van der Waals surface area contributed by atoms with Crippen molar-refractivity contribution in [3.63, 3.8) is 0 Å². The zero-order valence-electron chi connectivity index (χ0n) is 18.2. The van der Waals surface area contributed by atoms with Gasteiger partial charge in [-0.1, -0.05) is 29.8 Å². The van der Waals surface area contributed by atoms with Crippen molar-refractivity contribution in [3.8, 4) is 5.69 Å². The zero-order valence-corrected chi connectivity index (χ0v) is 20.0. The number of H-pyrrole nitrogens is 1. The van der Waals surface area contributed by atoms with Crippen LogP contribution in [-0.2, 0) is 0 Å². The van der Waals surface area contributed by atoms with Crippen molar-refractivity contribution in [2.75, 3.05) is 11.4 Å². The molecule has 1 aliphatic heterocycles. The van der Waals surface area contributed by atoms with E-state index in [2.05, 4.69) is 19.9 Å². The SMILES string of the molecule is CC(=O)c1c[nH]c2ncnc(N3CC[C@H]3c3cn4ccc(Cl)c4c(=O)n3-c3ccccc3)c12.S. The van der Waals surface area contributed by atoms with Crippen LogP contribution in [0.1, 0.15) is 35.4 Å². The highest BCUT2D eigenvalue weighted by Gasteiger charge is 2.36. The van der Waals surface area contributed by atoms with Crippen LogP contribution in [0.15, 0.2) is 66.1 Å². The number of ketones is 1. The Morgan fingerprint density at radius 2 is 1.97 bits per heavy atom. The lowest BCUT2D eigenvalue weighted by atomic mass is 9.98. The van der Waals surface area contributed by atoms with Gasteiger partial charge in [0.1, 0.15) is 23.3 Å². The van der Waals surface area contributed by atoms with E-state index in [9.17, 15) is 9.59 Å². The fourth-order valence-corrected chi connectivity index (χ4v) is 4.87. The summed E-state index contributed by atoms with van der Waals surface area (Å²) in [6, 6.07) is 11.1.